The second-order valence-corrected chi connectivity index (χ2v) is 6.00. The van der Waals surface area contributed by atoms with Gasteiger partial charge in [-0.15, -0.1) is 0 Å². The van der Waals surface area contributed by atoms with E-state index in [2.05, 4.69) is 19.5 Å². The number of hydrogen-bond donors (Lipinski definition) is 5. The van der Waals surface area contributed by atoms with Crippen LogP contribution in [0.25, 0.3) is 11.2 Å². The fraction of sp³-hybridized carbons (Fsp3) is 0.500. The minimum atomic E-state index is -5.24. The van der Waals surface area contributed by atoms with E-state index in [0.717, 1.165) is 6.33 Å². The maximum absolute atomic E-state index is 11.6. The lowest BCUT2D eigenvalue weighted by atomic mass is 10.1. The van der Waals surface area contributed by atoms with Crippen LogP contribution >= 0.6 is 7.82 Å². The average molecular weight is 384 g/mol. The van der Waals surface area contributed by atoms with Gasteiger partial charge in [0.05, 0.1) is 27.1 Å². The van der Waals surface area contributed by atoms with Crippen LogP contribution < -0.4 is 27.6 Å². The lowest BCUT2D eigenvalue weighted by Crippen LogP contribution is -2.34. The van der Waals surface area contributed by atoms with E-state index >= 15 is 0 Å². The van der Waals surface area contributed by atoms with E-state index in [1.807, 2.05) is 0 Å². The Morgan fingerprint density at radius 1 is 1.40 bits per heavy atom. The van der Waals surface area contributed by atoms with Gasteiger partial charge in [-0.1, -0.05) is 0 Å². The fourth-order valence-corrected chi connectivity index (χ4v) is 2.64. The highest BCUT2D eigenvalue weighted by molar-refractivity contribution is 7.43. The molecule has 0 radical (unpaired) electrons. The smallest absolute Gasteiger partial charge is 0.278 e. The van der Waals surface area contributed by atoms with Crippen LogP contribution in [0.4, 0.5) is 0 Å². The van der Waals surface area contributed by atoms with Crippen LogP contribution in [0.5, 0.6) is 0 Å². The molecule has 1 aliphatic rings. The van der Waals surface area contributed by atoms with Crippen molar-refractivity contribution in [3.05, 3.63) is 23.0 Å². The lowest BCUT2D eigenvalue weighted by Gasteiger charge is -2.30. The molecule has 0 aromatic carbocycles. The molecule has 1 aliphatic heterocycles. The van der Waals surface area contributed by atoms with Crippen molar-refractivity contribution in [2.75, 3.05) is 6.61 Å². The van der Waals surface area contributed by atoms with E-state index in [-0.39, 0.29) is 23.5 Å². The van der Waals surface area contributed by atoms with E-state index in [9.17, 15) is 29.4 Å². The van der Waals surface area contributed by atoms with Crippen molar-refractivity contribution >= 4 is 19.0 Å². The fourth-order valence-electron chi connectivity index (χ4n) is 2.31. The van der Waals surface area contributed by atoms with Crippen LogP contribution in [0.15, 0.2) is 17.4 Å². The molecule has 0 saturated carbocycles. The van der Waals surface area contributed by atoms with Crippen molar-refractivity contribution in [2.24, 2.45) is 0 Å². The third-order valence-electron chi connectivity index (χ3n) is 3.37. The first-order chi connectivity index (χ1) is 10.8. The van der Waals surface area contributed by atoms with Gasteiger partial charge < -0.3 is 51.1 Å². The first-order valence-corrected chi connectivity index (χ1v) is 7.82. The maximum Gasteiger partial charge on any atom is 0.278 e. The molecule has 15 heteroatoms. The molecule has 3 rings (SSSR count). The van der Waals surface area contributed by atoms with Gasteiger partial charge in [0.15, 0.2) is 17.4 Å². The first kappa shape index (κ1) is 21.3. The van der Waals surface area contributed by atoms with Gasteiger partial charge in [0.2, 0.25) is 0 Å². The molecule has 25 heavy (non-hydrogen) atoms. The number of phosphoric acid groups is 1. The molecule has 0 spiro atoms. The molecule has 1 saturated heterocycles. The Balaban J connectivity index is 0.00000156. The van der Waals surface area contributed by atoms with Crippen molar-refractivity contribution in [2.45, 2.75) is 24.5 Å². The molecule has 3 heterocycles. The molecule has 11 N–H and O–H groups in total. The number of H-pyrrole nitrogens is 1. The summed E-state index contributed by atoms with van der Waals surface area (Å²) in [6, 6.07) is 0. The monoisotopic (exact) mass is 384 g/mol. The average Bonchev–Trinajstić information content (AvgIpc) is 3.01. The predicted octanol–water partition coefficient (Wildman–Crippen LogP) is -2.66. The van der Waals surface area contributed by atoms with Crippen LogP contribution in [0.3, 0.4) is 0 Å². The number of ether oxygens (including phenoxy) is 1. The molecule has 0 amide bonds. The summed E-state index contributed by atoms with van der Waals surface area (Å²) in [4.78, 5) is 42.6. The van der Waals surface area contributed by atoms with Gasteiger partial charge in [0.1, 0.15) is 18.3 Å². The molecule has 142 valence electrons. The number of aliphatic hydroxyl groups is 2. The third-order valence-corrected chi connectivity index (χ3v) is 3.84. The molecule has 14 nitrogen and oxygen atoms in total. The van der Waals surface area contributed by atoms with Crippen LogP contribution in [0.2, 0.25) is 0 Å². The normalized spacial score (nSPS) is 26.2. The summed E-state index contributed by atoms with van der Waals surface area (Å²) in [5.41, 5.74) is -0.397. The van der Waals surface area contributed by atoms with Crippen LogP contribution in [0.1, 0.15) is 6.23 Å². The number of nitrogens with one attached hydrogen (secondary N) is 1. The number of aromatic amines is 1. The Hall–Kier alpha value is -1.74. The molecule has 2 aromatic heterocycles. The highest BCUT2D eigenvalue weighted by atomic mass is 31.2. The highest BCUT2D eigenvalue weighted by Gasteiger charge is 2.44. The zero-order chi connectivity index (χ0) is 16.8. The summed E-state index contributed by atoms with van der Waals surface area (Å²) >= 11 is 0. The zero-order valence-electron chi connectivity index (χ0n) is 13.3. The molecule has 2 aromatic rings. The summed E-state index contributed by atoms with van der Waals surface area (Å²) in [5, 5.41) is 19.9. The zero-order valence-corrected chi connectivity index (χ0v) is 14.2. The van der Waals surface area contributed by atoms with Gasteiger partial charge in [-0.05, 0) is 0 Å². The van der Waals surface area contributed by atoms with E-state index in [1.165, 1.54) is 10.9 Å². The minimum absolute atomic E-state index is 0. The molecule has 0 bridgehead atoms. The molecule has 4 unspecified atom stereocenters. The second-order valence-electron chi connectivity index (χ2n) is 4.84. The number of aromatic nitrogens is 4. The minimum Gasteiger partial charge on any atom is -0.790 e. The Morgan fingerprint density at radius 2 is 2.08 bits per heavy atom. The van der Waals surface area contributed by atoms with Gasteiger partial charge in [0.25, 0.3) is 5.56 Å². The maximum atomic E-state index is 11.6. The molecular formula is C10H19N6O8P. The molecule has 4 atom stereocenters. The number of nitrogens with zero attached hydrogens (tertiary/aromatic N) is 3. The topological polar surface area (TPSA) is 259 Å². The van der Waals surface area contributed by atoms with E-state index in [0.29, 0.717) is 0 Å². The second kappa shape index (κ2) is 7.65. The Kier molecular flexibility index (Phi) is 6.52. The molecule has 0 aliphatic carbocycles. The van der Waals surface area contributed by atoms with Crippen molar-refractivity contribution in [1.82, 2.24) is 31.8 Å². The summed E-state index contributed by atoms with van der Waals surface area (Å²) in [6.07, 6.45) is -3.11. The number of imidazole rings is 1. The van der Waals surface area contributed by atoms with Gasteiger partial charge in [-0.3, -0.25) is 9.36 Å². The molecule has 1 fully saturated rings. The van der Waals surface area contributed by atoms with Gasteiger partial charge in [-0.2, -0.15) is 0 Å². The van der Waals surface area contributed by atoms with Gasteiger partial charge in [-0.25, -0.2) is 9.97 Å². The SMILES string of the molecule is O=c1[nH]cnc2c1n[14cH]n2C1OC(COP(=O)([O-])[O-])C(O)C1O.[NH4+].[NH4+]. The summed E-state index contributed by atoms with van der Waals surface area (Å²) in [7, 11) is -5.24. The largest absolute Gasteiger partial charge is 0.790 e. The number of rotatable bonds is 4. The predicted molar refractivity (Wildman–Crippen MR) is 79.6 cm³/mol. The van der Waals surface area contributed by atoms with Gasteiger partial charge in [0, 0.05) is 0 Å². The van der Waals surface area contributed by atoms with Crippen LogP contribution in [0, 0.1) is 0 Å². The Labute approximate surface area is 139 Å². The summed E-state index contributed by atoms with van der Waals surface area (Å²) in [6.45, 7) is -0.750. The number of fused-ring (bicyclic) bond motifs is 1. The first-order valence-electron chi connectivity index (χ1n) is 6.36. The lowest BCUT2D eigenvalue weighted by molar-refractivity contribution is -0.343. The van der Waals surface area contributed by atoms with Gasteiger partial charge >= 0.3 is 0 Å². The quantitative estimate of drug-likeness (QED) is 0.341. The van der Waals surface area contributed by atoms with Crippen LogP contribution in [-0.4, -0.2) is 54.7 Å². The van der Waals surface area contributed by atoms with E-state index in [4.69, 9.17) is 4.74 Å². The standard InChI is InChI=1S/C10H13N4O8P.2H3N/c15-6-4(1-21-23(18,19)20)22-10(7(6)16)14-3-13-5-8(14)11-2-12-9(5)17;;/h2-4,6-7,10,15-16H,1H2,(H,11,12,17)(H2,18,19,20);2*1H3/i3+2;;. The van der Waals surface area contributed by atoms with Crippen molar-refractivity contribution in [1.29, 1.82) is 0 Å². The number of phosphoric ester groups is 1. The Morgan fingerprint density at radius 3 is 2.72 bits per heavy atom. The number of hydrogen-bond acceptors (Lipinski definition) is 10. The highest BCUT2D eigenvalue weighted by Crippen LogP contribution is 2.33. The number of quaternary nitrogens is 2. The summed E-state index contributed by atoms with van der Waals surface area (Å²) in [5.74, 6) is 0. The van der Waals surface area contributed by atoms with Crippen molar-refractivity contribution in [3.8, 4) is 0 Å². The van der Waals surface area contributed by atoms with E-state index in [1.54, 1.807) is 0 Å². The van der Waals surface area contributed by atoms with Crippen LogP contribution in [-0.2, 0) is 13.8 Å². The number of aliphatic hydroxyl groups excluding tert-OH is 2. The van der Waals surface area contributed by atoms with Crippen molar-refractivity contribution in [3.63, 3.8) is 0 Å². The van der Waals surface area contributed by atoms with Crippen molar-refractivity contribution < 1.29 is 33.8 Å². The Bertz CT molecular complexity index is 819. The molecular weight excluding hydrogens is 365 g/mol. The third kappa shape index (κ3) is 4.09. The van der Waals surface area contributed by atoms with E-state index < -0.39 is 44.5 Å². The summed E-state index contributed by atoms with van der Waals surface area (Å²) < 4.78 is 21.1.